The van der Waals surface area contributed by atoms with Crippen molar-refractivity contribution in [3.63, 3.8) is 0 Å². The van der Waals surface area contributed by atoms with Crippen molar-refractivity contribution < 1.29 is 18.7 Å². The summed E-state index contributed by atoms with van der Waals surface area (Å²) < 4.78 is 24.7. The highest BCUT2D eigenvalue weighted by molar-refractivity contribution is 5.75. The maximum absolute atomic E-state index is 14.2. The first kappa shape index (κ1) is 18.4. The molecular weight excluding hydrogens is 331 g/mol. The number of benzene rings is 2. The van der Waals surface area contributed by atoms with E-state index in [0.717, 1.165) is 24.8 Å². The number of ether oxygens (including phenoxy) is 2. The van der Waals surface area contributed by atoms with Gasteiger partial charge in [-0.25, -0.2) is 4.39 Å². The molecule has 0 heterocycles. The van der Waals surface area contributed by atoms with Crippen LogP contribution in [-0.2, 0) is 16.0 Å². The molecule has 0 unspecified atom stereocenters. The van der Waals surface area contributed by atoms with Crippen LogP contribution in [-0.4, -0.2) is 19.2 Å². The Bertz CT molecular complexity index is 767. The quantitative estimate of drug-likeness (QED) is 0.653. The molecule has 0 amide bonds. The summed E-state index contributed by atoms with van der Waals surface area (Å²) in [7, 11) is 1.44. The minimum absolute atomic E-state index is 0.0481. The van der Waals surface area contributed by atoms with Crippen LogP contribution in [0.25, 0.3) is 11.1 Å². The molecule has 0 radical (unpaired) electrons. The zero-order chi connectivity index (χ0) is 18.7. The van der Waals surface area contributed by atoms with Crippen LogP contribution in [0.1, 0.15) is 32.3 Å². The average molecular weight is 356 g/mol. The van der Waals surface area contributed by atoms with Gasteiger partial charge in [-0.2, -0.15) is 0 Å². The molecule has 0 aromatic heterocycles. The van der Waals surface area contributed by atoms with Crippen LogP contribution in [0.3, 0.4) is 0 Å². The van der Waals surface area contributed by atoms with Crippen molar-refractivity contribution in [1.82, 2.24) is 0 Å². The summed E-state index contributed by atoms with van der Waals surface area (Å²) >= 11 is 0. The van der Waals surface area contributed by atoms with Crippen LogP contribution < -0.4 is 4.74 Å². The predicted molar refractivity (Wildman–Crippen MR) is 99.5 cm³/mol. The molecule has 0 N–H and O–H groups in total. The predicted octanol–water partition coefficient (Wildman–Crippen LogP) is 5.02. The minimum Gasteiger partial charge on any atom is -0.491 e. The summed E-state index contributed by atoms with van der Waals surface area (Å²) in [4.78, 5) is 11.5. The van der Waals surface area contributed by atoms with Crippen molar-refractivity contribution in [1.29, 1.82) is 0 Å². The number of aryl methyl sites for hydroxylation is 1. The van der Waals surface area contributed by atoms with Gasteiger partial charge in [-0.05, 0) is 68.4 Å². The van der Waals surface area contributed by atoms with Crippen LogP contribution in [0.4, 0.5) is 4.39 Å². The highest BCUT2D eigenvalue weighted by Crippen LogP contribution is 2.42. The van der Waals surface area contributed by atoms with Crippen LogP contribution in [0.2, 0.25) is 0 Å². The molecule has 0 saturated heterocycles. The van der Waals surface area contributed by atoms with Gasteiger partial charge in [-0.1, -0.05) is 24.3 Å². The van der Waals surface area contributed by atoms with E-state index in [1.54, 1.807) is 12.1 Å². The van der Waals surface area contributed by atoms with Gasteiger partial charge in [0.15, 0.2) is 0 Å². The number of hydrogen-bond acceptors (Lipinski definition) is 3. The Morgan fingerprint density at radius 2 is 1.92 bits per heavy atom. The SMILES string of the molecule is COC(=O)[C@@H]1C[C@H]1CCc1ccc(-c2cc(OC(C)C)ccc2F)cc1. The Labute approximate surface area is 154 Å². The first-order valence-electron chi connectivity index (χ1n) is 9.11. The number of halogens is 1. The lowest BCUT2D eigenvalue weighted by Gasteiger charge is -2.12. The molecule has 4 heteroatoms. The van der Waals surface area contributed by atoms with Crippen molar-refractivity contribution in [2.75, 3.05) is 7.11 Å². The average Bonchev–Trinajstić information content (AvgIpc) is 3.41. The molecule has 0 aliphatic heterocycles. The van der Waals surface area contributed by atoms with E-state index >= 15 is 0 Å². The molecular formula is C22H25FO3. The van der Waals surface area contributed by atoms with Crippen molar-refractivity contribution in [2.24, 2.45) is 11.8 Å². The largest absolute Gasteiger partial charge is 0.491 e. The summed E-state index contributed by atoms with van der Waals surface area (Å²) in [5.74, 6) is 0.835. The molecule has 138 valence electrons. The molecule has 1 saturated carbocycles. The number of rotatable bonds is 7. The Balaban J connectivity index is 1.64. The monoisotopic (exact) mass is 356 g/mol. The van der Waals surface area contributed by atoms with Crippen molar-refractivity contribution in [3.8, 4) is 16.9 Å². The third kappa shape index (κ3) is 4.43. The second-order valence-corrected chi connectivity index (χ2v) is 7.17. The van der Waals surface area contributed by atoms with Crippen molar-refractivity contribution >= 4 is 5.97 Å². The van der Waals surface area contributed by atoms with Gasteiger partial charge in [-0.15, -0.1) is 0 Å². The standard InChI is InChI=1S/C22H25FO3/c1-14(2)26-18-10-11-21(23)19(13-18)16-7-4-15(5-8-16)6-9-17-12-20(17)22(24)25-3/h4-5,7-8,10-11,13-14,17,20H,6,9,12H2,1-3H3/t17-,20-/m1/s1. The molecule has 0 spiro atoms. The number of methoxy groups -OCH3 is 1. The number of esters is 1. The molecule has 3 rings (SSSR count). The molecule has 3 nitrogen and oxygen atoms in total. The number of hydrogen-bond donors (Lipinski definition) is 0. The second kappa shape index (κ2) is 7.90. The van der Waals surface area contributed by atoms with Crippen molar-refractivity contribution in [2.45, 2.75) is 39.2 Å². The second-order valence-electron chi connectivity index (χ2n) is 7.17. The molecule has 0 bridgehead atoms. The van der Waals surface area contributed by atoms with E-state index < -0.39 is 0 Å². The summed E-state index contributed by atoms with van der Waals surface area (Å²) in [6, 6.07) is 12.8. The van der Waals surface area contributed by atoms with Gasteiger partial charge in [0.25, 0.3) is 0 Å². The van der Waals surface area contributed by atoms with Crippen LogP contribution in [0.15, 0.2) is 42.5 Å². The smallest absolute Gasteiger partial charge is 0.308 e. The Morgan fingerprint density at radius 3 is 2.58 bits per heavy atom. The highest BCUT2D eigenvalue weighted by Gasteiger charge is 2.43. The van der Waals surface area contributed by atoms with Gasteiger partial charge < -0.3 is 9.47 Å². The number of carbonyl (C=O) groups excluding carboxylic acids is 1. The fourth-order valence-electron chi connectivity index (χ4n) is 3.28. The fraction of sp³-hybridized carbons (Fsp3) is 0.409. The van der Waals surface area contributed by atoms with Gasteiger partial charge in [-0.3, -0.25) is 4.79 Å². The number of carbonyl (C=O) groups is 1. The Hall–Kier alpha value is -2.36. The Kier molecular flexibility index (Phi) is 5.60. The summed E-state index contributed by atoms with van der Waals surface area (Å²) in [5.41, 5.74) is 2.57. The zero-order valence-electron chi connectivity index (χ0n) is 15.5. The molecule has 2 aromatic rings. The van der Waals surface area contributed by atoms with E-state index in [-0.39, 0.29) is 23.8 Å². The first-order valence-corrected chi connectivity index (χ1v) is 9.11. The van der Waals surface area contributed by atoms with Crippen LogP contribution in [0, 0.1) is 17.7 Å². The maximum atomic E-state index is 14.2. The molecule has 2 atom stereocenters. The van der Waals surface area contributed by atoms with E-state index in [4.69, 9.17) is 9.47 Å². The van der Waals surface area contributed by atoms with E-state index in [2.05, 4.69) is 0 Å². The topological polar surface area (TPSA) is 35.5 Å². The van der Waals surface area contributed by atoms with Crippen LogP contribution >= 0.6 is 0 Å². The maximum Gasteiger partial charge on any atom is 0.308 e. The third-order valence-electron chi connectivity index (χ3n) is 4.80. The lowest BCUT2D eigenvalue weighted by atomic mass is 10.0. The van der Waals surface area contributed by atoms with Gasteiger partial charge in [0, 0.05) is 5.56 Å². The van der Waals surface area contributed by atoms with Gasteiger partial charge in [0.2, 0.25) is 0 Å². The van der Waals surface area contributed by atoms with E-state index in [1.807, 2.05) is 38.1 Å². The molecule has 1 aliphatic carbocycles. The minimum atomic E-state index is -0.257. The lowest BCUT2D eigenvalue weighted by molar-refractivity contribution is -0.142. The van der Waals surface area contributed by atoms with E-state index in [1.165, 1.54) is 18.7 Å². The summed E-state index contributed by atoms with van der Waals surface area (Å²) in [5, 5.41) is 0. The summed E-state index contributed by atoms with van der Waals surface area (Å²) in [6.45, 7) is 3.89. The zero-order valence-corrected chi connectivity index (χ0v) is 15.5. The van der Waals surface area contributed by atoms with E-state index in [0.29, 0.717) is 17.2 Å². The van der Waals surface area contributed by atoms with Gasteiger partial charge in [0.05, 0.1) is 19.1 Å². The Morgan fingerprint density at radius 1 is 1.19 bits per heavy atom. The normalized spacial score (nSPS) is 18.7. The lowest BCUT2D eigenvalue weighted by Crippen LogP contribution is -2.05. The van der Waals surface area contributed by atoms with Gasteiger partial charge >= 0.3 is 5.97 Å². The fourth-order valence-corrected chi connectivity index (χ4v) is 3.28. The molecule has 2 aromatic carbocycles. The first-order chi connectivity index (χ1) is 12.5. The van der Waals surface area contributed by atoms with Crippen molar-refractivity contribution in [3.05, 3.63) is 53.8 Å². The van der Waals surface area contributed by atoms with Gasteiger partial charge in [0.1, 0.15) is 11.6 Å². The third-order valence-corrected chi connectivity index (χ3v) is 4.80. The molecule has 1 aliphatic rings. The molecule has 26 heavy (non-hydrogen) atoms. The molecule has 1 fully saturated rings. The highest BCUT2D eigenvalue weighted by atomic mass is 19.1. The van der Waals surface area contributed by atoms with E-state index in [9.17, 15) is 9.18 Å². The summed E-state index contributed by atoms with van der Waals surface area (Å²) in [6.07, 6.45) is 2.87. The van der Waals surface area contributed by atoms with Crippen LogP contribution in [0.5, 0.6) is 5.75 Å².